The average Bonchev–Trinajstić information content (AvgIpc) is 3.09. The number of amides is 1. The fourth-order valence-corrected chi connectivity index (χ4v) is 17.9. The van der Waals surface area contributed by atoms with Gasteiger partial charge in [-0.2, -0.15) is 5.26 Å². The zero-order chi connectivity index (χ0) is 29.7. The summed E-state index contributed by atoms with van der Waals surface area (Å²) in [5, 5.41) is 34.1. The van der Waals surface area contributed by atoms with Crippen molar-refractivity contribution in [2.45, 2.75) is 114 Å². The highest BCUT2D eigenvalue weighted by Crippen LogP contribution is 2.56. The molecule has 1 aliphatic carbocycles. The van der Waals surface area contributed by atoms with E-state index in [9.17, 15) is 20.3 Å². The number of nitrogens with zero attached hydrogens (tertiary/aromatic N) is 2. The second kappa shape index (κ2) is 11.1. The standard InChI is InChI=1S/C29H44N2O7Si2/c1-19(2)39(20(3)4)36-26-27(37-40(38-39,21(5)6)22(7)8)29(24(16-30)14-28(26,34)18-32)15-25(33)31(29)35-17-23-12-10-9-11-13-23/h9-14,19-22,26-27,32,34H,15,17-18H2,1-8H3/t26-,27+,28+,29+/m0/s1. The largest absolute Gasteiger partial charge is 0.414 e. The minimum atomic E-state index is -3.17. The number of nitriles is 1. The van der Waals surface area contributed by atoms with Crippen molar-refractivity contribution in [1.29, 1.82) is 5.26 Å². The summed E-state index contributed by atoms with van der Waals surface area (Å²) in [7, 11) is -6.32. The Balaban J connectivity index is 1.94. The van der Waals surface area contributed by atoms with E-state index >= 15 is 0 Å². The number of aliphatic hydroxyl groups excluding tert-OH is 1. The van der Waals surface area contributed by atoms with E-state index in [-0.39, 0.29) is 46.7 Å². The first-order valence-electron chi connectivity index (χ1n) is 14.3. The van der Waals surface area contributed by atoms with E-state index in [1.165, 1.54) is 11.1 Å². The van der Waals surface area contributed by atoms with Crippen LogP contribution in [0.15, 0.2) is 42.0 Å². The number of rotatable bonds is 8. The van der Waals surface area contributed by atoms with E-state index in [1.807, 2.05) is 30.3 Å². The van der Waals surface area contributed by atoms with Gasteiger partial charge in [-0.25, -0.2) is 5.06 Å². The van der Waals surface area contributed by atoms with Crippen molar-refractivity contribution in [1.82, 2.24) is 5.06 Å². The van der Waals surface area contributed by atoms with Crippen LogP contribution in [0.5, 0.6) is 0 Å². The number of β-lactam (4-membered cyclic amide) rings is 1. The molecule has 2 N–H and O–H groups in total. The molecule has 0 saturated carbocycles. The van der Waals surface area contributed by atoms with E-state index < -0.39 is 47.1 Å². The molecule has 0 aromatic heterocycles. The van der Waals surface area contributed by atoms with E-state index in [0.717, 1.165) is 5.56 Å². The molecule has 2 saturated heterocycles. The van der Waals surface area contributed by atoms with Gasteiger partial charge < -0.3 is 23.2 Å². The molecule has 1 spiro atoms. The first-order chi connectivity index (χ1) is 18.7. The van der Waals surface area contributed by atoms with Gasteiger partial charge >= 0.3 is 17.1 Å². The van der Waals surface area contributed by atoms with Crippen molar-refractivity contribution in [3.8, 4) is 6.07 Å². The normalized spacial score (nSPS) is 31.3. The zero-order valence-corrected chi connectivity index (χ0v) is 26.9. The van der Waals surface area contributed by atoms with Gasteiger partial charge in [0.15, 0.2) is 0 Å². The Labute approximate surface area is 240 Å². The SMILES string of the molecule is CC(C)[Si]1(C(C)C)O[C@@H]2[C@H](O[Si](C(C)C)(C(C)C)O1)[C@](O)(CO)C=C(C#N)[C@]21CC(=O)N1OCc1ccccc1. The molecule has 9 nitrogen and oxygen atoms in total. The molecule has 1 aromatic rings. The first-order valence-corrected chi connectivity index (χ1v) is 18.2. The third-order valence-electron chi connectivity index (χ3n) is 8.85. The Morgan fingerprint density at radius 2 is 1.52 bits per heavy atom. The maximum absolute atomic E-state index is 13.2. The molecule has 11 heteroatoms. The molecule has 220 valence electrons. The minimum Gasteiger partial charge on any atom is -0.414 e. The molecule has 3 aliphatic rings. The van der Waals surface area contributed by atoms with Gasteiger partial charge in [0, 0.05) is 0 Å². The monoisotopic (exact) mass is 588 g/mol. The number of hydrogen-bond donors (Lipinski definition) is 2. The highest BCUT2D eigenvalue weighted by Gasteiger charge is 2.73. The Morgan fingerprint density at radius 3 is 1.98 bits per heavy atom. The number of carbonyl (C=O) groups is 1. The summed E-state index contributed by atoms with van der Waals surface area (Å²) in [6, 6.07) is 11.7. The average molecular weight is 589 g/mol. The molecule has 2 heterocycles. The lowest BCUT2D eigenvalue weighted by atomic mass is 9.65. The lowest BCUT2D eigenvalue weighted by Gasteiger charge is -2.59. The molecular weight excluding hydrogens is 544 g/mol. The molecule has 2 fully saturated rings. The van der Waals surface area contributed by atoms with Crippen molar-refractivity contribution < 1.29 is 32.8 Å². The van der Waals surface area contributed by atoms with Crippen LogP contribution in [0, 0.1) is 11.3 Å². The van der Waals surface area contributed by atoms with E-state index in [2.05, 4.69) is 61.5 Å². The Kier molecular flexibility index (Phi) is 8.60. The van der Waals surface area contributed by atoms with Gasteiger partial charge in [0.05, 0.1) is 24.7 Å². The summed E-state index contributed by atoms with van der Waals surface area (Å²) in [6.45, 7) is 16.0. The summed E-state index contributed by atoms with van der Waals surface area (Å²) in [5.41, 5.74) is -2.32. The van der Waals surface area contributed by atoms with E-state index in [4.69, 9.17) is 17.8 Å². The van der Waals surface area contributed by atoms with Crippen LogP contribution < -0.4 is 0 Å². The number of hydrogen-bond acceptors (Lipinski definition) is 8. The second-order valence-electron chi connectivity index (χ2n) is 12.6. The summed E-state index contributed by atoms with van der Waals surface area (Å²) >= 11 is 0. The van der Waals surface area contributed by atoms with Crippen LogP contribution in [-0.2, 0) is 29.2 Å². The van der Waals surface area contributed by atoms with Crippen molar-refractivity contribution in [3.63, 3.8) is 0 Å². The third-order valence-corrected chi connectivity index (χ3v) is 19.1. The second-order valence-corrected chi connectivity index (χ2v) is 21.4. The number of benzene rings is 1. The van der Waals surface area contributed by atoms with Crippen molar-refractivity contribution in [3.05, 3.63) is 47.5 Å². The molecule has 0 unspecified atom stereocenters. The summed E-state index contributed by atoms with van der Waals surface area (Å²) in [6.07, 6.45) is -0.789. The molecule has 0 radical (unpaired) electrons. The molecule has 4 atom stereocenters. The van der Waals surface area contributed by atoms with Crippen LogP contribution in [0.4, 0.5) is 0 Å². The number of hydroxylamine groups is 2. The van der Waals surface area contributed by atoms with Gasteiger partial charge in [-0.3, -0.25) is 9.63 Å². The van der Waals surface area contributed by atoms with Gasteiger partial charge in [0.2, 0.25) is 5.91 Å². The van der Waals surface area contributed by atoms with Crippen LogP contribution in [0.3, 0.4) is 0 Å². The maximum Gasteiger partial charge on any atom is 0.335 e. The van der Waals surface area contributed by atoms with E-state index in [0.29, 0.717) is 0 Å². The predicted molar refractivity (Wildman–Crippen MR) is 154 cm³/mol. The smallest absolute Gasteiger partial charge is 0.335 e. The van der Waals surface area contributed by atoms with Gasteiger partial charge in [0.25, 0.3) is 0 Å². The quantitative estimate of drug-likeness (QED) is 0.334. The zero-order valence-electron chi connectivity index (χ0n) is 24.9. The van der Waals surface area contributed by atoms with Crippen LogP contribution in [-0.4, -0.2) is 68.3 Å². The van der Waals surface area contributed by atoms with E-state index in [1.54, 1.807) is 0 Å². The Morgan fingerprint density at radius 1 is 1.00 bits per heavy atom. The molecule has 2 aliphatic heterocycles. The van der Waals surface area contributed by atoms with Crippen molar-refractivity contribution in [2.75, 3.05) is 6.61 Å². The maximum atomic E-state index is 13.2. The first kappa shape index (κ1) is 31.1. The van der Waals surface area contributed by atoms with Crippen LogP contribution in [0.2, 0.25) is 22.2 Å². The third kappa shape index (κ3) is 4.63. The molecular formula is C29H44N2O7Si2. The molecule has 0 bridgehead atoms. The molecule has 1 amide bonds. The molecule has 40 heavy (non-hydrogen) atoms. The Bertz CT molecular complexity index is 1150. The number of aliphatic hydroxyl groups is 2. The van der Waals surface area contributed by atoms with Gasteiger partial charge in [-0.05, 0) is 33.8 Å². The Hall–Kier alpha value is -1.89. The van der Waals surface area contributed by atoms with Crippen molar-refractivity contribution in [2.24, 2.45) is 0 Å². The van der Waals surface area contributed by atoms with Gasteiger partial charge in [-0.1, -0.05) is 85.7 Å². The van der Waals surface area contributed by atoms with Crippen molar-refractivity contribution >= 4 is 23.0 Å². The number of carbonyl (C=O) groups excluding carboxylic acids is 1. The van der Waals surface area contributed by atoms with Crippen LogP contribution in [0.1, 0.15) is 67.4 Å². The number of fused-ring (bicyclic) bond motifs is 2. The highest BCUT2D eigenvalue weighted by atomic mass is 28.5. The van der Waals surface area contributed by atoms with Gasteiger partial charge in [0.1, 0.15) is 30.0 Å². The van der Waals surface area contributed by atoms with Gasteiger partial charge in [-0.15, -0.1) is 0 Å². The lowest BCUT2D eigenvalue weighted by Crippen LogP contribution is -2.78. The lowest BCUT2D eigenvalue weighted by molar-refractivity contribution is -0.284. The fraction of sp³-hybridized carbons (Fsp3) is 0.655. The summed E-state index contributed by atoms with van der Waals surface area (Å²) in [4.78, 5) is 19.3. The topological polar surface area (TPSA) is 121 Å². The molecule has 1 aromatic carbocycles. The van der Waals surface area contributed by atoms with Crippen LogP contribution in [0.25, 0.3) is 0 Å². The fourth-order valence-electron chi connectivity index (χ4n) is 6.58. The predicted octanol–water partition coefficient (Wildman–Crippen LogP) is 4.60. The summed E-state index contributed by atoms with van der Waals surface area (Å²) < 4.78 is 21.5. The molecule has 4 rings (SSSR count). The van der Waals surface area contributed by atoms with Crippen LogP contribution >= 0.6 is 0 Å². The minimum absolute atomic E-state index is 0.00656. The highest BCUT2D eigenvalue weighted by molar-refractivity contribution is 6.84. The summed E-state index contributed by atoms with van der Waals surface area (Å²) in [5.74, 6) is -0.295.